The van der Waals surface area contributed by atoms with Gasteiger partial charge in [-0.1, -0.05) is 42.5 Å². The van der Waals surface area contributed by atoms with Crippen LogP contribution in [0.4, 0.5) is 5.69 Å². The number of benzene rings is 2. The van der Waals surface area contributed by atoms with E-state index in [0.717, 1.165) is 11.1 Å². The molecule has 1 amide bonds. The molecule has 1 atom stereocenters. The molecule has 0 aliphatic carbocycles. The lowest BCUT2D eigenvalue weighted by atomic mass is 10.0. The van der Waals surface area contributed by atoms with Gasteiger partial charge < -0.3 is 16.2 Å². The van der Waals surface area contributed by atoms with Gasteiger partial charge in [-0.2, -0.15) is 5.10 Å². The number of aliphatic hydroxyl groups excluding tert-OH is 1. The van der Waals surface area contributed by atoms with Gasteiger partial charge >= 0.3 is 0 Å². The molecule has 0 aliphatic rings. The maximum Gasteiger partial charge on any atom is 0.246 e. The summed E-state index contributed by atoms with van der Waals surface area (Å²) in [5, 5.41) is 16.3. The van der Waals surface area contributed by atoms with Gasteiger partial charge in [-0.25, -0.2) is 0 Å². The molecule has 6 nitrogen and oxygen atoms in total. The number of nitrogens with zero attached hydrogens (tertiary/aromatic N) is 2. The number of anilines is 1. The van der Waals surface area contributed by atoms with Gasteiger partial charge in [-0.05, 0) is 30.2 Å². The highest BCUT2D eigenvalue weighted by molar-refractivity contribution is 5.97. The van der Waals surface area contributed by atoms with Crippen molar-refractivity contribution in [2.45, 2.75) is 19.0 Å². The topological polar surface area (TPSA) is 93.2 Å². The van der Waals surface area contributed by atoms with Crippen LogP contribution in [0.1, 0.15) is 12.5 Å². The second-order valence-electron chi connectivity index (χ2n) is 6.52. The number of rotatable bonds is 6. The van der Waals surface area contributed by atoms with Crippen LogP contribution in [0.5, 0.6) is 0 Å². The minimum absolute atomic E-state index is 0.419. The Bertz CT molecular complexity index is 870. The van der Waals surface area contributed by atoms with Crippen molar-refractivity contribution in [3.8, 4) is 11.1 Å². The van der Waals surface area contributed by atoms with Crippen LogP contribution in [-0.4, -0.2) is 32.9 Å². The van der Waals surface area contributed by atoms with Crippen molar-refractivity contribution in [2.24, 2.45) is 5.73 Å². The average Bonchev–Trinajstić information content (AvgIpc) is 3.11. The summed E-state index contributed by atoms with van der Waals surface area (Å²) in [6.07, 6.45) is 3.81. The average molecular weight is 350 g/mol. The molecule has 0 fully saturated rings. The predicted molar refractivity (Wildman–Crippen MR) is 102 cm³/mol. The lowest BCUT2D eigenvalue weighted by molar-refractivity contribution is -0.121. The van der Waals surface area contributed by atoms with Crippen LogP contribution in [0, 0.1) is 0 Å². The Morgan fingerprint density at radius 1 is 1.15 bits per heavy atom. The van der Waals surface area contributed by atoms with Gasteiger partial charge in [0, 0.05) is 17.4 Å². The first-order chi connectivity index (χ1) is 12.5. The fourth-order valence-electron chi connectivity index (χ4n) is 2.46. The zero-order valence-corrected chi connectivity index (χ0v) is 14.6. The van der Waals surface area contributed by atoms with Crippen molar-refractivity contribution in [1.82, 2.24) is 9.78 Å². The summed E-state index contributed by atoms with van der Waals surface area (Å²) in [4.78, 5) is 12.0. The molecular formula is C20H22N4O2. The van der Waals surface area contributed by atoms with Crippen LogP contribution in [0.25, 0.3) is 11.1 Å². The Labute approximate surface area is 152 Å². The number of amides is 1. The summed E-state index contributed by atoms with van der Waals surface area (Å²) < 4.78 is 1.89. The first kappa shape index (κ1) is 17.8. The molecule has 0 saturated carbocycles. The highest BCUT2D eigenvalue weighted by Crippen LogP contribution is 2.21. The maximum absolute atomic E-state index is 12.0. The van der Waals surface area contributed by atoms with Crippen molar-refractivity contribution in [3.05, 3.63) is 72.6 Å². The second kappa shape index (κ2) is 7.51. The summed E-state index contributed by atoms with van der Waals surface area (Å²) in [5.74, 6) is -0.427. The van der Waals surface area contributed by atoms with Crippen molar-refractivity contribution < 1.29 is 9.90 Å². The van der Waals surface area contributed by atoms with Crippen LogP contribution in [0.15, 0.2) is 67.0 Å². The number of hydrogen-bond acceptors (Lipinski definition) is 4. The Morgan fingerprint density at radius 3 is 2.50 bits per heavy atom. The van der Waals surface area contributed by atoms with Crippen LogP contribution in [0.2, 0.25) is 0 Å². The standard InChI is InChI=1S/C20H22N4O2/c1-20(21,14-25)19(26)23-18-9-7-16(8-10-18)17-11-22-24(13-17)12-15-5-3-2-4-6-15/h2-11,13,25H,12,14,21H2,1H3,(H,23,26)/t20-/m0/s1. The first-order valence-corrected chi connectivity index (χ1v) is 8.36. The van der Waals surface area contributed by atoms with E-state index in [1.807, 2.05) is 47.4 Å². The van der Waals surface area contributed by atoms with Gasteiger partial charge in [0.2, 0.25) is 5.91 Å². The Hall–Kier alpha value is -2.96. The van der Waals surface area contributed by atoms with Gasteiger partial charge in [0.05, 0.1) is 19.3 Å². The van der Waals surface area contributed by atoms with Crippen molar-refractivity contribution >= 4 is 11.6 Å². The smallest absolute Gasteiger partial charge is 0.246 e. The fraction of sp³-hybridized carbons (Fsp3) is 0.200. The van der Waals surface area contributed by atoms with E-state index in [1.54, 1.807) is 12.1 Å². The van der Waals surface area contributed by atoms with E-state index >= 15 is 0 Å². The van der Waals surface area contributed by atoms with Crippen LogP contribution < -0.4 is 11.1 Å². The summed E-state index contributed by atoms with van der Waals surface area (Å²) >= 11 is 0. The Balaban J connectivity index is 1.68. The van der Waals surface area contributed by atoms with E-state index in [2.05, 4.69) is 22.5 Å². The summed E-state index contributed by atoms with van der Waals surface area (Å²) in [5.41, 5.74) is 8.23. The Kier molecular flexibility index (Phi) is 5.16. The first-order valence-electron chi connectivity index (χ1n) is 8.36. The van der Waals surface area contributed by atoms with Crippen LogP contribution in [-0.2, 0) is 11.3 Å². The summed E-state index contributed by atoms with van der Waals surface area (Å²) in [6, 6.07) is 17.6. The SMILES string of the molecule is C[C@](N)(CO)C(=O)Nc1ccc(-c2cnn(Cc3ccccc3)c2)cc1. The minimum Gasteiger partial charge on any atom is -0.394 e. The zero-order valence-electron chi connectivity index (χ0n) is 14.6. The number of aliphatic hydroxyl groups is 1. The largest absolute Gasteiger partial charge is 0.394 e. The zero-order chi connectivity index (χ0) is 18.6. The minimum atomic E-state index is -1.31. The van der Waals surface area contributed by atoms with Crippen molar-refractivity contribution in [3.63, 3.8) is 0 Å². The molecule has 26 heavy (non-hydrogen) atoms. The van der Waals surface area contributed by atoms with Gasteiger partial charge in [-0.3, -0.25) is 9.48 Å². The van der Waals surface area contributed by atoms with Crippen LogP contribution >= 0.6 is 0 Å². The lowest BCUT2D eigenvalue weighted by Crippen LogP contribution is -2.51. The third-order valence-corrected chi connectivity index (χ3v) is 4.14. The summed E-state index contributed by atoms with van der Waals surface area (Å²) in [7, 11) is 0. The van der Waals surface area contributed by atoms with E-state index in [9.17, 15) is 4.79 Å². The molecule has 0 bridgehead atoms. The Morgan fingerprint density at radius 2 is 1.85 bits per heavy atom. The second-order valence-corrected chi connectivity index (χ2v) is 6.52. The third-order valence-electron chi connectivity index (χ3n) is 4.14. The van der Waals surface area contributed by atoms with Crippen molar-refractivity contribution in [2.75, 3.05) is 11.9 Å². The predicted octanol–water partition coefficient (Wildman–Crippen LogP) is 2.25. The number of aromatic nitrogens is 2. The molecule has 1 heterocycles. The van der Waals surface area contributed by atoms with E-state index in [1.165, 1.54) is 12.5 Å². The van der Waals surface area contributed by atoms with Crippen LogP contribution in [0.3, 0.4) is 0 Å². The molecule has 0 radical (unpaired) electrons. The number of nitrogens with one attached hydrogen (secondary N) is 1. The van der Waals surface area contributed by atoms with E-state index < -0.39 is 18.1 Å². The molecule has 0 spiro atoms. The molecule has 3 rings (SSSR count). The molecule has 0 unspecified atom stereocenters. The van der Waals surface area contributed by atoms with Gasteiger partial charge in [0.15, 0.2) is 0 Å². The van der Waals surface area contributed by atoms with E-state index in [-0.39, 0.29) is 0 Å². The number of nitrogens with two attached hydrogens (primary N) is 1. The highest BCUT2D eigenvalue weighted by atomic mass is 16.3. The molecular weight excluding hydrogens is 328 g/mol. The van der Waals surface area contributed by atoms with Gasteiger partial charge in [-0.15, -0.1) is 0 Å². The number of hydrogen-bond donors (Lipinski definition) is 3. The van der Waals surface area contributed by atoms with Gasteiger partial charge in [0.1, 0.15) is 5.54 Å². The van der Waals surface area contributed by atoms with E-state index in [4.69, 9.17) is 10.8 Å². The molecule has 134 valence electrons. The molecule has 4 N–H and O–H groups in total. The molecule has 2 aromatic carbocycles. The molecule has 0 saturated heterocycles. The highest BCUT2D eigenvalue weighted by Gasteiger charge is 2.27. The number of carbonyl (C=O) groups is 1. The molecule has 0 aliphatic heterocycles. The lowest BCUT2D eigenvalue weighted by Gasteiger charge is -2.20. The monoisotopic (exact) mass is 350 g/mol. The number of carbonyl (C=O) groups excluding carboxylic acids is 1. The fourth-order valence-corrected chi connectivity index (χ4v) is 2.46. The molecule has 3 aromatic rings. The maximum atomic E-state index is 12.0. The third kappa shape index (κ3) is 4.17. The molecule has 6 heteroatoms. The van der Waals surface area contributed by atoms with Gasteiger partial charge in [0.25, 0.3) is 0 Å². The quantitative estimate of drug-likeness (QED) is 0.636. The summed E-state index contributed by atoms with van der Waals surface area (Å²) in [6.45, 7) is 1.78. The normalized spacial score (nSPS) is 13.2. The van der Waals surface area contributed by atoms with E-state index in [0.29, 0.717) is 12.2 Å². The van der Waals surface area contributed by atoms with Crippen molar-refractivity contribution in [1.29, 1.82) is 0 Å². The molecule has 1 aromatic heterocycles.